The van der Waals surface area contributed by atoms with E-state index in [1.54, 1.807) is 17.0 Å². The third-order valence-electron chi connectivity index (χ3n) is 6.39. The third kappa shape index (κ3) is 4.89. The molecule has 1 aliphatic carbocycles. The molecule has 0 spiro atoms. The first kappa shape index (κ1) is 22.9. The molecule has 10 nitrogen and oxygen atoms in total. The zero-order valence-corrected chi connectivity index (χ0v) is 18.9. The molecule has 1 unspecified atom stereocenters. The van der Waals surface area contributed by atoms with Crippen LogP contribution in [0.5, 0.6) is 0 Å². The zero-order valence-electron chi connectivity index (χ0n) is 18.9. The Morgan fingerprint density at radius 3 is 2.70 bits per heavy atom. The maximum atomic E-state index is 13.7. The van der Waals surface area contributed by atoms with Gasteiger partial charge in [0.15, 0.2) is 5.69 Å². The molecule has 10 heteroatoms. The Bertz CT molecular complexity index is 1120. The van der Waals surface area contributed by atoms with Gasteiger partial charge in [-0.05, 0) is 44.2 Å². The Kier molecular flexibility index (Phi) is 6.71. The van der Waals surface area contributed by atoms with Gasteiger partial charge in [0, 0.05) is 25.6 Å². The van der Waals surface area contributed by atoms with Crippen LogP contribution >= 0.6 is 0 Å². The van der Waals surface area contributed by atoms with E-state index in [2.05, 4.69) is 4.98 Å². The number of hydrogen-bond donors (Lipinski definition) is 2. The highest BCUT2D eigenvalue weighted by Gasteiger charge is 2.38. The summed E-state index contributed by atoms with van der Waals surface area (Å²) in [6.45, 7) is 3.27. The van der Waals surface area contributed by atoms with Gasteiger partial charge in [-0.1, -0.05) is 13.3 Å². The molecular weight excluding hydrogens is 426 g/mol. The molecule has 1 saturated heterocycles. The second kappa shape index (κ2) is 9.68. The number of amides is 2. The zero-order chi connectivity index (χ0) is 23.5. The number of H-pyrrole nitrogens is 1. The van der Waals surface area contributed by atoms with Crippen molar-refractivity contribution in [2.75, 3.05) is 23.7 Å². The second-order valence-electron chi connectivity index (χ2n) is 8.90. The highest BCUT2D eigenvalue weighted by Crippen LogP contribution is 2.33. The van der Waals surface area contributed by atoms with Gasteiger partial charge in [-0.25, -0.2) is 4.79 Å². The van der Waals surface area contributed by atoms with Crippen molar-refractivity contribution >= 4 is 23.3 Å². The predicted molar refractivity (Wildman–Crippen MR) is 123 cm³/mol. The molecule has 3 heterocycles. The molecular formula is C23H31N5O5. The van der Waals surface area contributed by atoms with Gasteiger partial charge in [-0.15, -0.1) is 0 Å². The van der Waals surface area contributed by atoms with Crippen LogP contribution in [0, 0.1) is 11.8 Å². The first-order valence-electron chi connectivity index (χ1n) is 11.7. The van der Waals surface area contributed by atoms with Crippen LogP contribution in [-0.4, -0.2) is 39.4 Å². The number of hydrogen-bond acceptors (Lipinski definition) is 6. The summed E-state index contributed by atoms with van der Waals surface area (Å²) in [5.41, 5.74) is 4.93. The number of nitrogens with zero attached hydrogens (tertiary/aromatic N) is 3. The van der Waals surface area contributed by atoms with E-state index in [4.69, 9.17) is 10.2 Å². The van der Waals surface area contributed by atoms with E-state index in [9.17, 15) is 19.2 Å². The number of carbonyl (C=O) groups is 2. The molecule has 1 saturated carbocycles. The number of carbonyl (C=O) groups excluding carboxylic acids is 2. The lowest BCUT2D eigenvalue weighted by atomic mass is 9.95. The number of nitrogen functional groups attached to an aromatic ring is 1. The predicted octanol–water partition coefficient (Wildman–Crippen LogP) is 1.69. The van der Waals surface area contributed by atoms with Gasteiger partial charge in [0.05, 0.1) is 18.7 Å². The van der Waals surface area contributed by atoms with E-state index in [-0.39, 0.29) is 35.8 Å². The van der Waals surface area contributed by atoms with E-state index in [0.717, 1.165) is 19.3 Å². The number of anilines is 2. The summed E-state index contributed by atoms with van der Waals surface area (Å²) < 4.78 is 6.74. The molecule has 0 bridgehead atoms. The quantitative estimate of drug-likeness (QED) is 0.619. The number of aromatic nitrogens is 2. The SMILES string of the molecule is CCCCn1c(N)c(N(Cc2ccco2)C(=O)C2CCCN(C(=O)C3CC3)C2)c(=O)[nH]c1=O. The Morgan fingerprint density at radius 2 is 2.03 bits per heavy atom. The van der Waals surface area contributed by atoms with Crippen molar-refractivity contribution in [2.45, 2.75) is 58.5 Å². The first-order valence-corrected chi connectivity index (χ1v) is 11.7. The van der Waals surface area contributed by atoms with Crippen molar-refractivity contribution in [3.8, 4) is 0 Å². The van der Waals surface area contributed by atoms with Gasteiger partial charge in [-0.3, -0.25) is 28.8 Å². The van der Waals surface area contributed by atoms with Crippen molar-refractivity contribution < 1.29 is 14.0 Å². The van der Waals surface area contributed by atoms with Gasteiger partial charge in [0.1, 0.15) is 11.6 Å². The first-order chi connectivity index (χ1) is 15.9. The van der Waals surface area contributed by atoms with E-state index in [1.807, 2.05) is 6.92 Å². The largest absolute Gasteiger partial charge is 0.467 e. The number of nitrogens with two attached hydrogens (primary N) is 1. The summed E-state index contributed by atoms with van der Waals surface area (Å²) in [6, 6.07) is 3.41. The molecule has 33 heavy (non-hydrogen) atoms. The minimum atomic E-state index is -0.716. The van der Waals surface area contributed by atoms with Crippen LogP contribution in [0.3, 0.4) is 0 Å². The Morgan fingerprint density at radius 1 is 1.24 bits per heavy atom. The van der Waals surface area contributed by atoms with Crippen LogP contribution in [0.1, 0.15) is 51.2 Å². The molecule has 1 atom stereocenters. The summed E-state index contributed by atoms with van der Waals surface area (Å²) in [4.78, 5) is 57.0. The second-order valence-corrected chi connectivity index (χ2v) is 8.90. The van der Waals surface area contributed by atoms with E-state index < -0.39 is 17.2 Å². The summed E-state index contributed by atoms with van der Waals surface area (Å²) in [5.74, 6) is -0.146. The highest BCUT2D eigenvalue weighted by molar-refractivity contribution is 5.97. The molecule has 4 rings (SSSR count). The fraction of sp³-hybridized carbons (Fsp3) is 0.565. The lowest BCUT2D eigenvalue weighted by Gasteiger charge is -2.35. The lowest BCUT2D eigenvalue weighted by molar-refractivity contribution is -0.136. The number of unbranched alkanes of at least 4 members (excludes halogenated alkanes) is 1. The molecule has 178 valence electrons. The maximum absolute atomic E-state index is 13.7. The number of furan rings is 1. The van der Waals surface area contributed by atoms with E-state index in [1.165, 1.54) is 15.7 Å². The molecule has 2 amide bonds. The van der Waals surface area contributed by atoms with Crippen LogP contribution in [0.15, 0.2) is 32.4 Å². The molecule has 0 aromatic carbocycles. The van der Waals surface area contributed by atoms with E-state index in [0.29, 0.717) is 44.7 Å². The number of aromatic amines is 1. The molecule has 3 N–H and O–H groups in total. The van der Waals surface area contributed by atoms with Gasteiger partial charge in [0.2, 0.25) is 11.8 Å². The molecule has 2 aromatic rings. The smallest absolute Gasteiger partial charge is 0.330 e. The van der Waals surface area contributed by atoms with Crippen LogP contribution < -0.4 is 21.9 Å². The molecule has 2 aliphatic rings. The lowest BCUT2D eigenvalue weighted by Crippen LogP contribution is -2.49. The molecule has 2 aromatic heterocycles. The number of nitrogens with one attached hydrogen (secondary N) is 1. The molecule has 1 aliphatic heterocycles. The average molecular weight is 458 g/mol. The summed E-state index contributed by atoms with van der Waals surface area (Å²) in [7, 11) is 0. The molecule has 0 radical (unpaired) electrons. The van der Waals surface area contributed by atoms with E-state index >= 15 is 0 Å². The van der Waals surface area contributed by atoms with Crippen LogP contribution in [-0.2, 0) is 22.7 Å². The van der Waals surface area contributed by atoms with Crippen molar-refractivity contribution in [1.82, 2.24) is 14.5 Å². The average Bonchev–Trinajstić information content (AvgIpc) is 3.53. The fourth-order valence-corrected chi connectivity index (χ4v) is 4.39. The maximum Gasteiger partial charge on any atom is 0.330 e. The van der Waals surface area contributed by atoms with Crippen LogP contribution in [0.25, 0.3) is 0 Å². The van der Waals surface area contributed by atoms with Gasteiger partial charge < -0.3 is 15.1 Å². The third-order valence-corrected chi connectivity index (χ3v) is 6.39. The number of rotatable bonds is 8. The van der Waals surface area contributed by atoms with Crippen LogP contribution in [0.4, 0.5) is 11.5 Å². The Hall–Kier alpha value is -3.30. The topological polar surface area (TPSA) is 135 Å². The monoisotopic (exact) mass is 457 g/mol. The molecule has 2 fully saturated rings. The number of piperidine rings is 1. The summed E-state index contributed by atoms with van der Waals surface area (Å²) in [5, 5.41) is 0. The van der Waals surface area contributed by atoms with Crippen molar-refractivity contribution in [3.05, 3.63) is 45.0 Å². The summed E-state index contributed by atoms with van der Waals surface area (Å²) >= 11 is 0. The van der Waals surface area contributed by atoms with Gasteiger partial charge >= 0.3 is 5.69 Å². The minimum Gasteiger partial charge on any atom is -0.467 e. The number of likely N-dealkylation sites (tertiary alicyclic amines) is 1. The Balaban J connectivity index is 1.68. The van der Waals surface area contributed by atoms with Gasteiger partial charge in [0.25, 0.3) is 5.56 Å². The fourth-order valence-electron chi connectivity index (χ4n) is 4.39. The van der Waals surface area contributed by atoms with Crippen molar-refractivity contribution in [1.29, 1.82) is 0 Å². The minimum absolute atomic E-state index is 0.00182. The normalized spacial score (nSPS) is 18.3. The standard InChI is InChI=1S/C23H31N5O5/c1-2-3-11-27-19(24)18(20(29)25-23(27)32)28(14-17-7-5-12-33-17)22(31)16-6-4-10-26(13-16)21(30)15-8-9-15/h5,7,12,15-16H,2-4,6,8-11,13-14,24H2,1H3,(H,25,29,32). The van der Waals surface area contributed by atoms with Crippen molar-refractivity contribution in [2.24, 2.45) is 11.8 Å². The Labute approximate surface area is 191 Å². The summed E-state index contributed by atoms with van der Waals surface area (Å²) in [6.07, 6.45) is 6.16. The highest BCUT2D eigenvalue weighted by atomic mass is 16.3. The van der Waals surface area contributed by atoms with Crippen LogP contribution in [0.2, 0.25) is 0 Å². The van der Waals surface area contributed by atoms with Gasteiger partial charge in [-0.2, -0.15) is 0 Å². The van der Waals surface area contributed by atoms with Crippen molar-refractivity contribution in [3.63, 3.8) is 0 Å².